The van der Waals surface area contributed by atoms with Crippen LogP contribution >= 0.6 is 11.6 Å². The van der Waals surface area contributed by atoms with Crippen molar-refractivity contribution in [2.75, 3.05) is 0 Å². The van der Waals surface area contributed by atoms with Gasteiger partial charge in [-0.05, 0) is 47.1 Å². The van der Waals surface area contributed by atoms with Crippen LogP contribution in [0, 0.1) is 6.92 Å². The van der Waals surface area contributed by atoms with Gasteiger partial charge in [-0.3, -0.25) is 0 Å². The molecule has 0 aliphatic carbocycles. The third-order valence-electron chi connectivity index (χ3n) is 3.85. The Hall–Kier alpha value is -1.31. The Labute approximate surface area is 133 Å². The van der Waals surface area contributed by atoms with Crippen LogP contribution in [0.15, 0.2) is 42.5 Å². The van der Waals surface area contributed by atoms with E-state index in [0.29, 0.717) is 0 Å². The first-order chi connectivity index (χ1) is 9.77. The molecule has 0 spiro atoms. The highest BCUT2D eigenvalue weighted by atomic mass is 35.5. The van der Waals surface area contributed by atoms with Crippen LogP contribution in [-0.2, 0) is 11.8 Å². The van der Waals surface area contributed by atoms with Gasteiger partial charge < -0.3 is 5.73 Å². The fourth-order valence-corrected chi connectivity index (χ4v) is 2.72. The van der Waals surface area contributed by atoms with Crippen molar-refractivity contribution in [2.45, 2.75) is 45.6 Å². The molecule has 0 fully saturated rings. The fourth-order valence-electron chi connectivity index (χ4n) is 2.40. The second-order valence-electron chi connectivity index (χ2n) is 6.78. The molecule has 2 rings (SSSR count). The highest BCUT2D eigenvalue weighted by molar-refractivity contribution is 6.31. The first-order valence-corrected chi connectivity index (χ1v) is 7.76. The molecule has 0 heterocycles. The van der Waals surface area contributed by atoms with Crippen LogP contribution in [0.3, 0.4) is 0 Å². The van der Waals surface area contributed by atoms with E-state index in [2.05, 4.69) is 57.2 Å². The molecular weight excluding hydrogens is 278 g/mol. The van der Waals surface area contributed by atoms with E-state index in [1.54, 1.807) is 0 Å². The molecule has 2 aromatic rings. The monoisotopic (exact) mass is 301 g/mol. The molecule has 0 amide bonds. The molecule has 0 saturated carbocycles. The van der Waals surface area contributed by atoms with Crippen LogP contribution in [0.5, 0.6) is 0 Å². The summed E-state index contributed by atoms with van der Waals surface area (Å²) < 4.78 is 0. The Kier molecular flexibility index (Phi) is 4.75. The number of rotatable bonds is 3. The van der Waals surface area contributed by atoms with Gasteiger partial charge in [0.15, 0.2) is 0 Å². The predicted molar refractivity (Wildman–Crippen MR) is 92.0 cm³/mol. The Balaban J connectivity index is 2.15. The summed E-state index contributed by atoms with van der Waals surface area (Å²) in [5.41, 5.74) is 11.3. The minimum atomic E-state index is -0.0285. The number of benzene rings is 2. The van der Waals surface area contributed by atoms with Gasteiger partial charge in [0.1, 0.15) is 0 Å². The molecule has 2 N–H and O–H groups in total. The lowest BCUT2D eigenvalue weighted by Gasteiger charge is -2.20. The highest BCUT2D eigenvalue weighted by Crippen LogP contribution is 2.26. The maximum Gasteiger partial charge on any atom is 0.0441 e. The summed E-state index contributed by atoms with van der Waals surface area (Å²) in [6.07, 6.45) is 0.758. The predicted octanol–water partition coefficient (Wildman–Crippen LogP) is 5.19. The van der Waals surface area contributed by atoms with Gasteiger partial charge >= 0.3 is 0 Å². The average Bonchev–Trinajstić information content (AvgIpc) is 2.41. The maximum atomic E-state index is 6.33. The molecule has 0 aliphatic heterocycles. The summed E-state index contributed by atoms with van der Waals surface area (Å²) in [6.45, 7) is 8.69. The van der Waals surface area contributed by atoms with E-state index in [1.165, 1.54) is 11.1 Å². The largest absolute Gasteiger partial charge is 0.324 e. The molecule has 0 radical (unpaired) electrons. The zero-order valence-corrected chi connectivity index (χ0v) is 14.0. The van der Waals surface area contributed by atoms with Crippen LogP contribution in [0.2, 0.25) is 5.02 Å². The second-order valence-corrected chi connectivity index (χ2v) is 7.18. The Morgan fingerprint density at radius 1 is 1.05 bits per heavy atom. The fraction of sp³-hybridized carbons (Fsp3) is 0.368. The Bertz CT molecular complexity index is 608. The van der Waals surface area contributed by atoms with Crippen LogP contribution in [0.25, 0.3) is 0 Å². The molecule has 0 aromatic heterocycles. The van der Waals surface area contributed by atoms with Crippen molar-refractivity contribution >= 4 is 11.6 Å². The maximum absolute atomic E-state index is 6.33. The number of hydrogen-bond donors (Lipinski definition) is 1. The van der Waals surface area contributed by atoms with Crippen molar-refractivity contribution in [3.63, 3.8) is 0 Å². The third kappa shape index (κ3) is 4.09. The normalized spacial score (nSPS) is 13.2. The van der Waals surface area contributed by atoms with Crippen LogP contribution < -0.4 is 5.73 Å². The zero-order valence-electron chi connectivity index (χ0n) is 13.3. The molecule has 0 bridgehead atoms. The number of aryl methyl sites for hydroxylation is 1. The standard InChI is InChI=1S/C19H24ClN/c1-13-5-6-15(17(20)11-13)12-18(21)14-7-9-16(10-8-14)19(2,3)4/h5-11,18H,12,21H2,1-4H3. The van der Waals surface area contributed by atoms with Crippen molar-refractivity contribution in [3.05, 3.63) is 69.7 Å². The molecule has 0 aliphatic rings. The van der Waals surface area contributed by atoms with Gasteiger partial charge in [-0.2, -0.15) is 0 Å². The highest BCUT2D eigenvalue weighted by Gasteiger charge is 2.15. The second kappa shape index (κ2) is 6.21. The van der Waals surface area contributed by atoms with E-state index in [-0.39, 0.29) is 11.5 Å². The lowest BCUT2D eigenvalue weighted by molar-refractivity contribution is 0.589. The van der Waals surface area contributed by atoms with Gasteiger partial charge in [-0.15, -0.1) is 0 Å². The summed E-state index contributed by atoms with van der Waals surface area (Å²) in [5.74, 6) is 0. The van der Waals surface area contributed by atoms with Gasteiger partial charge in [0.2, 0.25) is 0 Å². The zero-order chi connectivity index (χ0) is 15.6. The lowest BCUT2D eigenvalue weighted by Crippen LogP contribution is -2.15. The molecule has 21 heavy (non-hydrogen) atoms. The van der Waals surface area contributed by atoms with E-state index in [1.807, 2.05) is 13.0 Å². The lowest BCUT2D eigenvalue weighted by atomic mass is 9.86. The summed E-state index contributed by atoms with van der Waals surface area (Å²) in [4.78, 5) is 0. The van der Waals surface area contributed by atoms with Crippen molar-refractivity contribution in [1.82, 2.24) is 0 Å². The molecule has 0 saturated heterocycles. The van der Waals surface area contributed by atoms with Gasteiger partial charge in [-0.25, -0.2) is 0 Å². The summed E-state index contributed by atoms with van der Waals surface area (Å²) in [7, 11) is 0. The minimum Gasteiger partial charge on any atom is -0.324 e. The third-order valence-corrected chi connectivity index (χ3v) is 4.21. The Morgan fingerprint density at radius 2 is 1.67 bits per heavy atom. The summed E-state index contributed by atoms with van der Waals surface area (Å²) in [6, 6.07) is 14.7. The van der Waals surface area contributed by atoms with E-state index in [4.69, 9.17) is 17.3 Å². The van der Waals surface area contributed by atoms with Gasteiger partial charge in [0, 0.05) is 11.1 Å². The van der Waals surface area contributed by atoms with Crippen LogP contribution in [0.4, 0.5) is 0 Å². The number of halogens is 1. The van der Waals surface area contributed by atoms with Crippen molar-refractivity contribution in [3.8, 4) is 0 Å². The van der Waals surface area contributed by atoms with E-state index < -0.39 is 0 Å². The quantitative estimate of drug-likeness (QED) is 0.829. The summed E-state index contributed by atoms with van der Waals surface area (Å²) in [5, 5.41) is 0.803. The molecule has 2 aromatic carbocycles. The number of hydrogen-bond acceptors (Lipinski definition) is 1. The van der Waals surface area contributed by atoms with Crippen LogP contribution in [0.1, 0.15) is 49.1 Å². The van der Waals surface area contributed by atoms with E-state index >= 15 is 0 Å². The van der Waals surface area contributed by atoms with Gasteiger partial charge in [-0.1, -0.05) is 68.8 Å². The number of nitrogens with two attached hydrogens (primary N) is 1. The van der Waals surface area contributed by atoms with Gasteiger partial charge in [0.25, 0.3) is 0 Å². The molecular formula is C19H24ClN. The average molecular weight is 302 g/mol. The van der Waals surface area contributed by atoms with Gasteiger partial charge in [0.05, 0.1) is 0 Å². The van der Waals surface area contributed by atoms with Crippen LogP contribution in [-0.4, -0.2) is 0 Å². The molecule has 1 nitrogen and oxygen atoms in total. The first-order valence-electron chi connectivity index (χ1n) is 7.38. The molecule has 112 valence electrons. The smallest absolute Gasteiger partial charge is 0.0441 e. The van der Waals surface area contributed by atoms with Crippen molar-refractivity contribution in [2.24, 2.45) is 5.73 Å². The van der Waals surface area contributed by atoms with E-state index in [9.17, 15) is 0 Å². The molecule has 1 unspecified atom stereocenters. The Morgan fingerprint density at radius 3 is 2.19 bits per heavy atom. The molecule has 1 atom stereocenters. The summed E-state index contributed by atoms with van der Waals surface area (Å²) >= 11 is 6.29. The molecule has 2 heteroatoms. The van der Waals surface area contributed by atoms with Crippen molar-refractivity contribution < 1.29 is 0 Å². The van der Waals surface area contributed by atoms with Crippen molar-refractivity contribution in [1.29, 1.82) is 0 Å². The topological polar surface area (TPSA) is 26.0 Å². The minimum absolute atomic E-state index is 0.0285. The van der Waals surface area contributed by atoms with E-state index in [0.717, 1.165) is 22.6 Å². The SMILES string of the molecule is Cc1ccc(CC(N)c2ccc(C(C)(C)C)cc2)c(Cl)c1. The first kappa shape index (κ1) is 16.1.